The molecule has 0 radical (unpaired) electrons. The largest absolute Gasteiger partial charge is 0.497 e. The average molecular weight is 777 g/mol. The molecule has 0 aliphatic heterocycles. The van der Waals surface area contributed by atoms with E-state index in [9.17, 15) is 0 Å². The molecular formula is C45H50BrN3O4. The highest BCUT2D eigenvalue weighted by molar-refractivity contribution is 9.10. The summed E-state index contributed by atoms with van der Waals surface area (Å²) in [5, 5.41) is 0. The van der Waals surface area contributed by atoms with Gasteiger partial charge in [-0.25, -0.2) is 0 Å². The van der Waals surface area contributed by atoms with E-state index in [2.05, 4.69) is 74.4 Å². The molecule has 0 aliphatic carbocycles. The molecule has 0 spiro atoms. The lowest BCUT2D eigenvalue weighted by atomic mass is 9.99. The summed E-state index contributed by atoms with van der Waals surface area (Å²) in [7, 11) is 3.36. The summed E-state index contributed by atoms with van der Waals surface area (Å²) in [6.45, 7) is 9.43. The van der Waals surface area contributed by atoms with Crippen LogP contribution >= 0.6 is 15.9 Å². The van der Waals surface area contributed by atoms with Crippen molar-refractivity contribution in [3.63, 3.8) is 0 Å². The molecule has 7 nitrogen and oxygen atoms in total. The number of aromatic nitrogens is 2. The fourth-order valence-electron chi connectivity index (χ4n) is 5.50. The summed E-state index contributed by atoms with van der Waals surface area (Å²) >= 11 is 3.33. The fraction of sp³-hybridized carbons (Fsp3) is 0.244. The minimum Gasteiger partial charge on any atom is -0.497 e. The van der Waals surface area contributed by atoms with Crippen LogP contribution in [0.1, 0.15) is 62.4 Å². The lowest BCUT2D eigenvalue weighted by molar-refractivity contribution is 0.0732. The first-order valence-electron chi connectivity index (χ1n) is 17.8. The van der Waals surface area contributed by atoms with Crippen molar-refractivity contribution >= 4 is 21.6 Å². The number of anilines is 1. The highest BCUT2D eigenvalue weighted by Crippen LogP contribution is 2.27. The molecule has 2 unspecified atom stereocenters. The van der Waals surface area contributed by atoms with Gasteiger partial charge in [-0.1, -0.05) is 66.7 Å². The summed E-state index contributed by atoms with van der Waals surface area (Å²) in [5.74, 6) is 1.73. The van der Waals surface area contributed by atoms with Crippen LogP contribution in [0, 0.1) is 0 Å². The van der Waals surface area contributed by atoms with Crippen LogP contribution in [0.25, 0.3) is 22.3 Å². The second-order valence-electron chi connectivity index (χ2n) is 12.2. The van der Waals surface area contributed by atoms with Crippen molar-refractivity contribution in [2.75, 3.05) is 33.2 Å². The van der Waals surface area contributed by atoms with Crippen molar-refractivity contribution in [1.82, 2.24) is 9.97 Å². The third-order valence-electron chi connectivity index (χ3n) is 8.29. The van der Waals surface area contributed by atoms with E-state index in [1.165, 1.54) is 16.7 Å². The van der Waals surface area contributed by atoms with Gasteiger partial charge in [0.05, 0.1) is 37.8 Å². The van der Waals surface area contributed by atoms with Crippen molar-refractivity contribution < 1.29 is 18.9 Å². The maximum absolute atomic E-state index is 5.74. The molecule has 6 rings (SSSR count). The molecule has 0 bridgehead atoms. The van der Waals surface area contributed by atoms with Gasteiger partial charge in [-0.2, -0.15) is 0 Å². The maximum atomic E-state index is 5.74. The van der Waals surface area contributed by atoms with Gasteiger partial charge in [0.2, 0.25) is 0 Å². The normalized spacial score (nSPS) is 11.6. The van der Waals surface area contributed by atoms with Crippen LogP contribution < -0.4 is 15.2 Å². The van der Waals surface area contributed by atoms with E-state index in [1.807, 2.05) is 107 Å². The zero-order valence-electron chi connectivity index (χ0n) is 31.5. The van der Waals surface area contributed by atoms with Gasteiger partial charge in [-0.05, 0) is 138 Å². The Morgan fingerprint density at radius 2 is 1.06 bits per heavy atom. The van der Waals surface area contributed by atoms with E-state index in [-0.39, 0.29) is 12.2 Å². The molecular weight excluding hydrogens is 726 g/mol. The highest BCUT2D eigenvalue weighted by Gasteiger charge is 2.08. The van der Waals surface area contributed by atoms with E-state index in [1.54, 1.807) is 20.4 Å². The van der Waals surface area contributed by atoms with Crippen molar-refractivity contribution in [2.45, 2.75) is 46.3 Å². The summed E-state index contributed by atoms with van der Waals surface area (Å²) in [6, 6.07) is 40.6. The second-order valence-corrected chi connectivity index (χ2v) is 13.1. The van der Waals surface area contributed by atoms with Gasteiger partial charge in [0.1, 0.15) is 11.5 Å². The van der Waals surface area contributed by atoms with Crippen molar-refractivity contribution in [1.29, 1.82) is 0 Å². The van der Waals surface area contributed by atoms with Gasteiger partial charge < -0.3 is 24.7 Å². The number of benzene rings is 4. The van der Waals surface area contributed by atoms with Crippen LogP contribution in [0.4, 0.5) is 5.69 Å². The van der Waals surface area contributed by atoms with Gasteiger partial charge in [0.25, 0.3) is 0 Å². The molecule has 0 fully saturated rings. The zero-order valence-corrected chi connectivity index (χ0v) is 33.0. The smallest absolute Gasteiger partial charge is 0.119 e. The summed E-state index contributed by atoms with van der Waals surface area (Å²) in [5.41, 5.74) is 15.5. The number of hydrogen-bond donors (Lipinski definition) is 1. The number of ether oxygens (including phenoxy) is 4. The molecule has 0 amide bonds. The Balaban J connectivity index is 0.000000196. The first-order chi connectivity index (χ1) is 25.7. The van der Waals surface area contributed by atoms with Gasteiger partial charge in [0, 0.05) is 35.8 Å². The number of halogens is 1. The van der Waals surface area contributed by atoms with E-state index in [0.29, 0.717) is 6.61 Å². The third kappa shape index (κ3) is 13.2. The Hall–Kier alpha value is -5.02. The molecule has 4 aromatic carbocycles. The van der Waals surface area contributed by atoms with Crippen molar-refractivity contribution in [3.05, 3.63) is 161 Å². The molecule has 2 heterocycles. The Morgan fingerprint density at radius 1 is 0.566 bits per heavy atom. The van der Waals surface area contributed by atoms with Gasteiger partial charge in [0.15, 0.2) is 0 Å². The van der Waals surface area contributed by atoms with E-state index in [0.717, 1.165) is 62.8 Å². The van der Waals surface area contributed by atoms with Crippen molar-refractivity contribution in [2.24, 2.45) is 0 Å². The number of nitrogen functional groups attached to an aromatic ring is 1. The van der Waals surface area contributed by atoms with E-state index in [4.69, 9.17) is 24.7 Å². The van der Waals surface area contributed by atoms with E-state index >= 15 is 0 Å². The minimum absolute atomic E-state index is 0.0328. The number of nitrogens with zero attached hydrogens (tertiary/aromatic N) is 2. The molecule has 0 saturated carbocycles. The van der Waals surface area contributed by atoms with Crippen LogP contribution in [0.15, 0.2) is 138 Å². The molecule has 0 aliphatic rings. The molecule has 8 heteroatoms. The monoisotopic (exact) mass is 775 g/mol. The van der Waals surface area contributed by atoms with Gasteiger partial charge >= 0.3 is 0 Å². The predicted octanol–water partition coefficient (Wildman–Crippen LogP) is 11.3. The number of methoxy groups -OCH3 is 2. The molecule has 2 N–H and O–H groups in total. The Bertz CT molecular complexity index is 1970. The van der Waals surface area contributed by atoms with Crippen LogP contribution in [0.3, 0.4) is 0 Å². The first-order valence-corrected chi connectivity index (χ1v) is 18.5. The van der Waals surface area contributed by atoms with E-state index < -0.39 is 0 Å². The van der Waals surface area contributed by atoms with Crippen LogP contribution in [0.2, 0.25) is 0 Å². The molecule has 2 atom stereocenters. The predicted molar refractivity (Wildman–Crippen MR) is 220 cm³/mol. The SMILES string of the molecule is CCOC(C)c1ccc(Br)cn1.CCOC(C)c1ccc(Cc2cccc(-c3cccc(OC)c3)c2)cn1.COc1cccc(-c2cccc(N)c2)c1. The van der Waals surface area contributed by atoms with Crippen molar-refractivity contribution in [3.8, 4) is 33.8 Å². The summed E-state index contributed by atoms with van der Waals surface area (Å²) < 4.78 is 22.5. The molecule has 6 aromatic rings. The minimum atomic E-state index is 0.0328. The number of nitrogens with two attached hydrogens (primary N) is 1. The average Bonchev–Trinajstić information content (AvgIpc) is 3.19. The zero-order chi connectivity index (χ0) is 38.0. The third-order valence-corrected chi connectivity index (χ3v) is 8.76. The summed E-state index contributed by atoms with van der Waals surface area (Å²) in [6.07, 6.45) is 4.70. The fourth-order valence-corrected chi connectivity index (χ4v) is 5.73. The van der Waals surface area contributed by atoms with Gasteiger partial charge in [-0.3, -0.25) is 9.97 Å². The molecule has 276 valence electrons. The maximum Gasteiger partial charge on any atom is 0.119 e. The quantitative estimate of drug-likeness (QED) is 0.124. The molecule has 53 heavy (non-hydrogen) atoms. The molecule has 2 aromatic heterocycles. The number of rotatable bonds is 12. The highest BCUT2D eigenvalue weighted by atomic mass is 79.9. The first kappa shape index (κ1) is 40.7. The molecule has 0 saturated heterocycles. The standard InChI is InChI=1S/C23H25NO2.C13H13NO.C9H12BrNO/c1-4-26-17(2)23-12-11-19(16-24-23)13-18-7-5-8-20(14-18)21-9-6-10-22(15-21)25-3;1-15-13-7-3-5-11(9-13)10-4-2-6-12(14)8-10;1-3-12-7(2)9-5-4-8(10)6-11-9/h5-12,14-17H,4,13H2,1-3H3;2-9H,14H2,1H3;4-7H,3H2,1-2H3. The summed E-state index contributed by atoms with van der Waals surface area (Å²) in [4.78, 5) is 8.78. The Morgan fingerprint density at radius 3 is 1.53 bits per heavy atom. The topological polar surface area (TPSA) is 88.7 Å². The number of pyridine rings is 2. The lowest BCUT2D eigenvalue weighted by Crippen LogP contribution is -2.02. The van der Waals surface area contributed by atoms with Crippen LogP contribution in [-0.4, -0.2) is 37.4 Å². The second kappa shape index (κ2) is 21.5. The Kier molecular flexibility index (Phi) is 16.5. The number of hydrogen-bond acceptors (Lipinski definition) is 7. The lowest BCUT2D eigenvalue weighted by Gasteiger charge is -2.11. The van der Waals surface area contributed by atoms with Crippen LogP contribution in [-0.2, 0) is 15.9 Å². The van der Waals surface area contributed by atoms with Crippen LogP contribution in [0.5, 0.6) is 11.5 Å². The van der Waals surface area contributed by atoms with Gasteiger partial charge in [-0.15, -0.1) is 0 Å². The Labute approximate surface area is 323 Å².